The Labute approximate surface area is 402 Å². The minimum atomic E-state index is -0.643. The molecule has 0 aliphatic heterocycles. The molecular formula is C44H54I5O6S2-. The van der Waals surface area contributed by atoms with Crippen LogP contribution in [0.3, 0.4) is 0 Å². The first-order valence-corrected chi connectivity index (χ1v) is 38.9. The van der Waals surface area contributed by atoms with Gasteiger partial charge in [-0.2, -0.15) is 0 Å². The number of ether oxygens (including phenoxy) is 2. The average molecular weight is 1380 g/mol. The summed E-state index contributed by atoms with van der Waals surface area (Å²) in [6, 6.07) is 23.5. The third-order valence-corrected chi connectivity index (χ3v) is 9.70. The molecule has 0 radical (unpaired) electrons. The fraction of sp³-hybridized carbons (Fsp3) is 0.341. The van der Waals surface area contributed by atoms with Crippen molar-refractivity contribution in [1.29, 1.82) is 0 Å². The van der Waals surface area contributed by atoms with Gasteiger partial charge in [-0.25, -0.2) is 0 Å². The molecule has 0 saturated carbocycles. The normalized spacial score (nSPS) is 11.9. The number of benzene rings is 4. The van der Waals surface area contributed by atoms with Crippen LogP contribution in [-0.4, -0.2) is 58.0 Å². The molecule has 0 spiro atoms. The molecule has 4 aromatic rings. The molecule has 0 fully saturated rings. The van der Waals surface area contributed by atoms with E-state index < -0.39 is 17.3 Å². The van der Waals surface area contributed by atoms with Gasteiger partial charge in [-0.3, -0.25) is 4.79 Å². The van der Waals surface area contributed by atoms with Crippen molar-refractivity contribution in [1.82, 2.24) is 0 Å². The van der Waals surface area contributed by atoms with E-state index in [-0.39, 0.29) is 19.0 Å². The fourth-order valence-electron chi connectivity index (χ4n) is 5.24. The van der Waals surface area contributed by atoms with E-state index >= 15 is 0 Å². The number of carbonyl (C=O) groups excluding carboxylic acids is 1. The Kier molecular flexibility index (Phi) is 27.4. The van der Waals surface area contributed by atoms with Crippen molar-refractivity contribution in [3.05, 3.63) is 129 Å². The van der Waals surface area contributed by atoms with E-state index in [4.69, 9.17) is 9.47 Å². The molecule has 1 atom stereocenters. The zero-order valence-electron chi connectivity index (χ0n) is 34.0. The van der Waals surface area contributed by atoms with E-state index in [9.17, 15) is 20.1 Å². The summed E-state index contributed by atoms with van der Waals surface area (Å²) in [6.07, 6.45) is 10.5. The number of aliphatic hydroxyl groups is 3. The molecule has 0 aromatic heterocycles. The zero-order chi connectivity index (χ0) is 43.3. The first kappa shape index (κ1) is 54.9. The van der Waals surface area contributed by atoms with E-state index in [1.807, 2.05) is 153 Å². The van der Waals surface area contributed by atoms with Crippen LogP contribution in [-0.2, 0) is 0 Å². The second kappa shape index (κ2) is 28.5. The molecular weight excluding hydrogens is 1320 g/mol. The van der Waals surface area contributed by atoms with Crippen molar-refractivity contribution in [2.24, 2.45) is 0 Å². The number of aliphatic hydroxyl groups excluding tert-OH is 3. The van der Waals surface area contributed by atoms with Gasteiger partial charge in [-0.05, 0) is 174 Å². The second-order valence-electron chi connectivity index (χ2n) is 14.1. The van der Waals surface area contributed by atoms with Gasteiger partial charge < -0.3 is 24.8 Å². The summed E-state index contributed by atoms with van der Waals surface area (Å²) in [5.41, 5.74) is 6.21. The number of aryl methyl sites for hydroxylation is 4. The monoisotopic (exact) mass is 1380 g/mol. The van der Waals surface area contributed by atoms with Crippen LogP contribution in [0.15, 0.2) is 94.7 Å². The van der Waals surface area contributed by atoms with Gasteiger partial charge in [-0.15, -0.1) is 23.5 Å². The van der Waals surface area contributed by atoms with Gasteiger partial charge in [-0.1, -0.05) is 30.4 Å². The summed E-state index contributed by atoms with van der Waals surface area (Å²) in [5, 5.41) is 29.2. The molecule has 4 rings (SSSR count). The van der Waals surface area contributed by atoms with Crippen LogP contribution in [0.25, 0.3) is 12.2 Å². The van der Waals surface area contributed by atoms with Crippen LogP contribution < -0.4 is 22.7 Å². The number of allylic oxidation sites excluding steroid dienone is 1. The van der Waals surface area contributed by atoms with Gasteiger partial charge in [0.05, 0.1) is 19.3 Å². The predicted molar refractivity (Wildman–Crippen MR) is 275 cm³/mol. The molecule has 0 aliphatic carbocycles. The summed E-state index contributed by atoms with van der Waals surface area (Å²) in [5.74, 6) is 1.56. The Morgan fingerprint density at radius 3 is 1.40 bits per heavy atom. The summed E-state index contributed by atoms with van der Waals surface area (Å²) < 4.78 is 11.9. The third kappa shape index (κ3) is 20.1. The first-order chi connectivity index (χ1) is 26.9. The Balaban J connectivity index is 0.000000512. The van der Waals surface area contributed by atoms with E-state index in [1.54, 1.807) is 35.7 Å². The number of ketones is 1. The molecule has 6 nitrogen and oxygen atoms in total. The Bertz CT molecular complexity index is 1840. The minimum absolute atomic E-state index is 0.0188. The molecule has 0 saturated heterocycles. The Morgan fingerprint density at radius 2 is 1.05 bits per heavy atom. The van der Waals surface area contributed by atoms with Gasteiger partial charge in [0.15, 0.2) is 5.78 Å². The number of hydrogen-bond acceptors (Lipinski definition) is 8. The SMILES string of the molecule is CSc1ccc(C(=O)/C=C/c2cc(C)c(OC(C)(C)CO)c(C)c2)cc1.CSc1ccc(C(O)/C=C/c2cc(C)c(OC(C)(C)CO)c(C)c2)cc1.II.I[I-]I. The molecule has 1 unspecified atom stereocenters. The van der Waals surface area contributed by atoms with Crippen LogP contribution in [0.1, 0.15) is 83.1 Å². The van der Waals surface area contributed by atoms with Crippen molar-refractivity contribution in [2.45, 2.75) is 82.5 Å². The van der Waals surface area contributed by atoms with Gasteiger partial charge >= 0.3 is 50.5 Å². The third-order valence-electron chi connectivity index (χ3n) is 8.21. The van der Waals surface area contributed by atoms with Crippen LogP contribution in [0.5, 0.6) is 11.5 Å². The van der Waals surface area contributed by atoms with Crippen molar-refractivity contribution in [3.8, 4) is 11.5 Å². The molecule has 57 heavy (non-hydrogen) atoms. The Hall–Kier alpha value is -0.140. The van der Waals surface area contributed by atoms with Crippen molar-refractivity contribution in [3.63, 3.8) is 0 Å². The summed E-state index contributed by atoms with van der Waals surface area (Å²) in [6.45, 7) is 15.2. The van der Waals surface area contributed by atoms with Gasteiger partial charge in [0, 0.05) is 52.6 Å². The zero-order valence-corrected chi connectivity index (χ0v) is 46.4. The molecule has 0 aliphatic rings. The van der Waals surface area contributed by atoms with Crippen LogP contribution in [0.2, 0.25) is 0 Å². The summed E-state index contributed by atoms with van der Waals surface area (Å²) in [4.78, 5) is 14.7. The van der Waals surface area contributed by atoms with Crippen molar-refractivity contribution < 1.29 is 42.8 Å². The maximum absolute atomic E-state index is 12.3. The first-order valence-electron chi connectivity index (χ1n) is 17.6. The number of carbonyl (C=O) groups is 1. The molecule has 0 amide bonds. The number of hydrogen-bond donors (Lipinski definition) is 3. The van der Waals surface area contributed by atoms with Crippen LogP contribution in [0.4, 0.5) is 0 Å². The van der Waals surface area contributed by atoms with Gasteiger partial charge in [0.25, 0.3) is 0 Å². The topological polar surface area (TPSA) is 96.2 Å². The molecule has 13 heteroatoms. The Morgan fingerprint density at radius 1 is 0.702 bits per heavy atom. The molecule has 0 bridgehead atoms. The number of thioether (sulfide) groups is 2. The van der Waals surface area contributed by atoms with E-state index in [1.165, 1.54) is 4.90 Å². The molecule has 4 aromatic carbocycles. The summed E-state index contributed by atoms with van der Waals surface area (Å²) in [7, 11) is 0. The molecule has 314 valence electrons. The van der Waals surface area contributed by atoms with Crippen LogP contribution in [0, 0.1) is 27.7 Å². The van der Waals surface area contributed by atoms with E-state index in [2.05, 4.69) is 74.5 Å². The average Bonchev–Trinajstić information content (AvgIpc) is 3.20. The second-order valence-corrected chi connectivity index (χ2v) is 32.1. The predicted octanol–water partition coefficient (Wildman–Crippen LogP) is 10.5. The fourth-order valence-corrected chi connectivity index (χ4v) is 6.05. The molecule has 3 N–H and O–H groups in total. The van der Waals surface area contributed by atoms with Crippen LogP contribution >= 0.6 is 98.0 Å². The number of halogens is 5. The van der Waals surface area contributed by atoms with E-state index in [0.717, 1.165) is 55.3 Å². The van der Waals surface area contributed by atoms with Crippen molar-refractivity contribution in [2.75, 3.05) is 25.7 Å². The standard InChI is InChI=1S/C22H28O3S.C22H26O3S.I3.I2/c2*1-15-12-17(13-16(2)21(15)25-22(3,4)14-23)6-11-20(24)18-7-9-19(26-5)10-8-18;1-3-2;1-2/h6-13,20,23-24H,14H2,1-5H3;6-13,23H,14H2,1-5H3;;/q;;-1;/b2*11-6+;;. The number of rotatable bonds is 14. The maximum atomic E-state index is 12.3. The summed E-state index contributed by atoms with van der Waals surface area (Å²) >= 11 is 12.9. The molecule has 0 heterocycles. The quantitative estimate of drug-likeness (QED) is 0.0498. The van der Waals surface area contributed by atoms with E-state index in [0.29, 0.717) is 18.8 Å². The van der Waals surface area contributed by atoms with Gasteiger partial charge in [0.2, 0.25) is 0 Å². The van der Waals surface area contributed by atoms with Crippen molar-refractivity contribution >= 4 is 116 Å². The van der Waals surface area contributed by atoms with Gasteiger partial charge in [0.1, 0.15) is 22.7 Å².